The zero-order valence-electron chi connectivity index (χ0n) is 19.2. The number of benzene rings is 3. The van der Waals surface area contributed by atoms with Crippen molar-refractivity contribution in [1.82, 2.24) is 9.29 Å². The van der Waals surface area contributed by atoms with Gasteiger partial charge in [-0.15, -0.1) is 23.1 Å². The molecule has 1 amide bonds. The number of carbonyl (C=O) groups excluding carboxylic acids is 1. The number of sulfonamides is 1. The van der Waals surface area contributed by atoms with Gasteiger partial charge in [0, 0.05) is 29.5 Å². The van der Waals surface area contributed by atoms with Crippen LogP contribution in [0.25, 0.3) is 20.8 Å². The second kappa shape index (κ2) is 10.1. The summed E-state index contributed by atoms with van der Waals surface area (Å²) in [5.41, 5.74) is 2.54. The minimum absolute atomic E-state index is 0.0834. The zero-order chi connectivity index (χ0) is 24.4. The molecule has 5 rings (SSSR count). The van der Waals surface area contributed by atoms with E-state index in [4.69, 9.17) is 4.98 Å². The Hall–Kier alpha value is -2.72. The van der Waals surface area contributed by atoms with E-state index >= 15 is 0 Å². The van der Waals surface area contributed by atoms with Gasteiger partial charge in [-0.2, -0.15) is 4.31 Å². The van der Waals surface area contributed by atoms with Crippen molar-refractivity contribution < 1.29 is 13.2 Å². The summed E-state index contributed by atoms with van der Waals surface area (Å²) in [5.74, 6) is -0.330. The Bertz CT molecular complexity index is 1420. The van der Waals surface area contributed by atoms with E-state index in [1.54, 1.807) is 35.2 Å². The van der Waals surface area contributed by atoms with Gasteiger partial charge in [-0.25, -0.2) is 13.4 Å². The molecule has 1 aliphatic rings. The molecule has 1 aromatic heterocycles. The van der Waals surface area contributed by atoms with Crippen LogP contribution in [0.15, 0.2) is 82.6 Å². The molecule has 4 aromatic rings. The molecule has 0 saturated carbocycles. The first kappa shape index (κ1) is 24.0. The van der Waals surface area contributed by atoms with E-state index in [0.29, 0.717) is 30.8 Å². The SMILES string of the molecule is CSc1ccc(S(=O)(=O)N2CCC(C(=O)Nc3ccccc3-c3nc4ccccc4s3)CC2)cc1. The number of piperidine rings is 1. The van der Waals surface area contributed by atoms with Crippen LogP contribution in [-0.2, 0) is 14.8 Å². The predicted molar refractivity (Wildman–Crippen MR) is 143 cm³/mol. The number of nitrogens with zero attached hydrogens (tertiary/aromatic N) is 2. The predicted octanol–water partition coefficient (Wildman–Crippen LogP) is 5.72. The Morgan fingerprint density at radius 3 is 2.40 bits per heavy atom. The third-order valence-electron chi connectivity index (χ3n) is 6.23. The minimum Gasteiger partial charge on any atom is -0.325 e. The average Bonchev–Trinajstić information content (AvgIpc) is 3.33. The van der Waals surface area contributed by atoms with Crippen LogP contribution in [0, 0.1) is 5.92 Å². The maximum absolute atomic E-state index is 13.1. The topological polar surface area (TPSA) is 79.4 Å². The number of nitrogens with one attached hydrogen (secondary N) is 1. The summed E-state index contributed by atoms with van der Waals surface area (Å²) in [4.78, 5) is 19.2. The molecule has 1 N–H and O–H groups in total. The lowest BCUT2D eigenvalue weighted by atomic mass is 9.97. The van der Waals surface area contributed by atoms with Crippen LogP contribution >= 0.6 is 23.1 Å². The largest absolute Gasteiger partial charge is 0.325 e. The van der Waals surface area contributed by atoms with Crippen molar-refractivity contribution in [2.45, 2.75) is 22.6 Å². The summed E-state index contributed by atoms with van der Waals surface area (Å²) in [6.45, 7) is 0.647. The van der Waals surface area contributed by atoms with Crippen molar-refractivity contribution in [2.24, 2.45) is 5.92 Å². The van der Waals surface area contributed by atoms with E-state index < -0.39 is 10.0 Å². The van der Waals surface area contributed by atoms with Gasteiger partial charge in [-0.1, -0.05) is 24.3 Å². The number of hydrogen-bond acceptors (Lipinski definition) is 6. The number of para-hydroxylation sites is 2. The molecule has 1 fully saturated rings. The maximum Gasteiger partial charge on any atom is 0.243 e. The molecule has 0 unspecified atom stereocenters. The fourth-order valence-corrected chi connectivity index (χ4v) is 7.14. The van der Waals surface area contributed by atoms with Gasteiger partial charge in [0.15, 0.2) is 0 Å². The first-order valence-corrected chi connectivity index (χ1v) is 14.8. The van der Waals surface area contributed by atoms with E-state index in [2.05, 4.69) is 5.32 Å². The zero-order valence-corrected chi connectivity index (χ0v) is 21.6. The molecule has 0 aliphatic carbocycles. The van der Waals surface area contributed by atoms with Gasteiger partial charge in [-0.05, 0) is 67.6 Å². The number of carbonyl (C=O) groups is 1. The molecule has 180 valence electrons. The first-order valence-electron chi connectivity index (χ1n) is 11.4. The molecular formula is C26H25N3O3S3. The number of fused-ring (bicyclic) bond motifs is 1. The molecule has 9 heteroatoms. The standard InChI is InChI=1S/C26H25N3O3S3/c1-33-19-10-12-20(13-11-19)35(31,32)29-16-14-18(15-17-29)25(30)27-22-7-3-2-6-21(22)26-28-23-8-4-5-9-24(23)34-26/h2-13,18H,14-17H2,1H3,(H,27,30). The summed E-state index contributed by atoms with van der Waals surface area (Å²) < 4.78 is 28.7. The summed E-state index contributed by atoms with van der Waals surface area (Å²) in [5, 5.41) is 3.94. The van der Waals surface area contributed by atoms with Crippen molar-refractivity contribution in [3.05, 3.63) is 72.8 Å². The molecular weight excluding hydrogens is 499 g/mol. The van der Waals surface area contributed by atoms with Crippen LogP contribution in [0.3, 0.4) is 0 Å². The normalized spacial score (nSPS) is 15.3. The van der Waals surface area contributed by atoms with Crippen LogP contribution in [0.5, 0.6) is 0 Å². The van der Waals surface area contributed by atoms with Gasteiger partial charge in [-0.3, -0.25) is 4.79 Å². The second-order valence-electron chi connectivity index (χ2n) is 8.38. The number of anilines is 1. The summed E-state index contributed by atoms with van der Waals surface area (Å²) in [7, 11) is -3.57. The molecule has 0 spiro atoms. The Balaban J connectivity index is 1.27. The highest BCUT2D eigenvalue weighted by Crippen LogP contribution is 2.35. The smallest absolute Gasteiger partial charge is 0.243 e. The molecule has 1 aliphatic heterocycles. The number of thiazole rings is 1. The van der Waals surface area contributed by atoms with Crippen molar-refractivity contribution in [3.63, 3.8) is 0 Å². The van der Waals surface area contributed by atoms with Crippen LogP contribution in [-0.4, -0.2) is 43.0 Å². The van der Waals surface area contributed by atoms with Crippen molar-refractivity contribution in [1.29, 1.82) is 0 Å². The Labute approximate surface area is 213 Å². The van der Waals surface area contributed by atoms with E-state index in [1.165, 1.54) is 4.31 Å². The Morgan fingerprint density at radius 1 is 1.00 bits per heavy atom. The van der Waals surface area contributed by atoms with E-state index in [1.807, 2.05) is 66.9 Å². The van der Waals surface area contributed by atoms with Gasteiger partial charge in [0.2, 0.25) is 15.9 Å². The highest BCUT2D eigenvalue weighted by molar-refractivity contribution is 7.98. The van der Waals surface area contributed by atoms with Gasteiger partial charge in [0.25, 0.3) is 0 Å². The van der Waals surface area contributed by atoms with Gasteiger partial charge < -0.3 is 5.32 Å². The van der Waals surface area contributed by atoms with Crippen LogP contribution in [0.2, 0.25) is 0 Å². The van der Waals surface area contributed by atoms with Crippen LogP contribution < -0.4 is 5.32 Å². The molecule has 0 bridgehead atoms. The van der Waals surface area contributed by atoms with E-state index in [0.717, 1.165) is 31.4 Å². The quantitative estimate of drug-likeness (QED) is 0.327. The monoisotopic (exact) mass is 523 g/mol. The van der Waals surface area contributed by atoms with Gasteiger partial charge >= 0.3 is 0 Å². The van der Waals surface area contributed by atoms with E-state index in [-0.39, 0.29) is 11.8 Å². The van der Waals surface area contributed by atoms with E-state index in [9.17, 15) is 13.2 Å². The van der Waals surface area contributed by atoms with Crippen molar-refractivity contribution in [2.75, 3.05) is 24.7 Å². The minimum atomic E-state index is -3.57. The third-order valence-corrected chi connectivity index (χ3v) is 9.96. The Kier molecular flexibility index (Phi) is 6.93. The van der Waals surface area contributed by atoms with Gasteiger partial charge in [0.1, 0.15) is 5.01 Å². The molecule has 35 heavy (non-hydrogen) atoms. The highest BCUT2D eigenvalue weighted by Gasteiger charge is 2.32. The molecule has 6 nitrogen and oxygen atoms in total. The summed E-state index contributed by atoms with van der Waals surface area (Å²) >= 11 is 3.17. The van der Waals surface area contributed by atoms with Crippen LogP contribution in [0.4, 0.5) is 5.69 Å². The second-order valence-corrected chi connectivity index (χ2v) is 12.2. The fourth-order valence-electron chi connectivity index (χ4n) is 4.26. The molecule has 2 heterocycles. The molecule has 0 atom stereocenters. The van der Waals surface area contributed by atoms with Crippen molar-refractivity contribution >= 4 is 54.9 Å². The lowest BCUT2D eigenvalue weighted by Gasteiger charge is -2.30. The Morgan fingerprint density at radius 2 is 1.69 bits per heavy atom. The lowest BCUT2D eigenvalue weighted by Crippen LogP contribution is -2.41. The molecule has 3 aromatic carbocycles. The third kappa shape index (κ3) is 4.99. The average molecular weight is 524 g/mol. The van der Waals surface area contributed by atoms with Gasteiger partial charge in [0.05, 0.1) is 20.8 Å². The number of rotatable bonds is 6. The summed E-state index contributed by atoms with van der Waals surface area (Å²) in [6, 6.07) is 22.6. The molecule has 1 saturated heterocycles. The lowest BCUT2D eigenvalue weighted by molar-refractivity contribution is -0.120. The number of amides is 1. The number of aromatic nitrogens is 1. The number of hydrogen-bond donors (Lipinski definition) is 1. The van der Waals surface area contributed by atoms with Crippen molar-refractivity contribution in [3.8, 4) is 10.6 Å². The van der Waals surface area contributed by atoms with Crippen LogP contribution in [0.1, 0.15) is 12.8 Å². The fraction of sp³-hybridized carbons (Fsp3) is 0.231. The first-order chi connectivity index (χ1) is 17.0. The number of thioether (sulfide) groups is 1. The maximum atomic E-state index is 13.1. The summed E-state index contributed by atoms with van der Waals surface area (Å²) in [6.07, 6.45) is 2.92. The highest BCUT2D eigenvalue weighted by atomic mass is 32.2. The molecule has 0 radical (unpaired) electrons.